The van der Waals surface area contributed by atoms with Crippen LogP contribution < -0.4 is 11.1 Å². The van der Waals surface area contributed by atoms with Crippen LogP contribution in [0.15, 0.2) is 6.20 Å². The van der Waals surface area contributed by atoms with Gasteiger partial charge in [-0.05, 0) is 18.3 Å². The topological polar surface area (TPSA) is 85.8 Å². The Morgan fingerprint density at radius 2 is 2.44 bits per heavy atom. The second-order valence-corrected chi connectivity index (χ2v) is 4.65. The second-order valence-electron chi connectivity index (χ2n) is 4.65. The van der Waals surface area contributed by atoms with Crippen molar-refractivity contribution in [3.05, 3.63) is 11.9 Å². The first-order valence-electron chi connectivity index (χ1n) is 5.51. The zero-order valence-electron chi connectivity index (χ0n) is 9.44. The number of nitrogens with two attached hydrogens (primary N) is 1. The van der Waals surface area contributed by atoms with Crippen LogP contribution in [0.2, 0.25) is 0 Å². The van der Waals surface area contributed by atoms with E-state index in [1.54, 1.807) is 10.9 Å². The van der Waals surface area contributed by atoms with E-state index in [2.05, 4.69) is 22.6 Å². The maximum Gasteiger partial charge on any atom is 0.273 e. The SMILES string of the molecule is CC1(CNC(=O)c2cn(CCN)nn2)CC1. The summed E-state index contributed by atoms with van der Waals surface area (Å²) in [6, 6.07) is 0. The molecule has 0 bridgehead atoms. The molecule has 3 N–H and O–H groups in total. The highest BCUT2D eigenvalue weighted by atomic mass is 16.2. The number of aromatic nitrogens is 3. The third-order valence-corrected chi connectivity index (χ3v) is 2.91. The molecule has 1 amide bonds. The van der Waals surface area contributed by atoms with Gasteiger partial charge in [0.25, 0.3) is 5.91 Å². The molecule has 88 valence electrons. The van der Waals surface area contributed by atoms with Gasteiger partial charge in [-0.2, -0.15) is 0 Å². The molecule has 0 unspecified atom stereocenters. The van der Waals surface area contributed by atoms with Crippen molar-refractivity contribution >= 4 is 5.91 Å². The Balaban J connectivity index is 1.87. The molecule has 1 aliphatic carbocycles. The Labute approximate surface area is 94.2 Å². The van der Waals surface area contributed by atoms with E-state index in [1.165, 1.54) is 12.8 Å². The van der Waals surface area contributed by atoms with Gasteiger partial charge < -0.3 is 11.1 Å². The lowest BCUT2D eigenvalue weighted by atomic mass is 10.1. The van der Waals surface area contributed by atoms with Crippen molar-refractivity contribution in [2.24, 2.45) is 11.1 Å². The molecule has 1 fully saturated rings. The lowest BCUT2D eigenvalue weighted by Gasteiger charge is -2.07. The maximum atomic E-state index is 11.7. The van der Waals surface area contributed by atoms with Gasteiger partial charge in [-0.1, -0.05) is 12.1 Å². The summed E-state index contributed by atoms with van der Waals surface area (Å²) in [5, 5.41) is 10.5. The molecule has 0 atom stereocenters. The van der Waals surface area contributed by atoms with Crippen LogP contribution in [0.5, 0.6) is 0 Å². The summed E-state index contributed by atoms with van der Waals surface area (Å²) in [6.07, 6.45) is 4.00. The third-order valence-electron chi connectivity index (χ3n) is 2.91. The van der Waals surface area contributed by atoms with Gasteiger partial charge in [0.15, 0.2) is 5.69 Å². The summed E-state index contributed by atoms with van der Waals surface area (Å²) in [4.78, 5) is 11.7. The molecule has 0 aromatic carbocycles. The summed E-state index contributed by atoms with van der Waals surface area (Å²) < 4.78 is 1.58. The monoisotopic (exact) mass is 223 g/mol. The Morgan fingerprint density at radius 3 is 3.06 bits per heavy atom. The zero-order valence-corrected chi connectivity index (χ0v) is 9.44. The number of hydrogen-bond acceptors (Lipinski definition) is 4. The van der Waals surface area contributed by atoms with Crippen LogP contribution in [0.1, 0.15) is 30.3 Å². The average molecular weight is 223 g/mol. The van der Waals surface area contributed by atoms with Gasteiger partial charge in [-0.25, -0.2) is 0 Å². The molecule has 2 rings (SSSR count). The normalized spacial score (nSPS) is 17.1. The fourth-order valence-electron chi connectivity index (χ4n) is 1.42. The van der Waals surface area contributed by atoms with Gasteiger partial charge >= 0.3 is 0 Å². The summed E-state index contributed by atoms with van der Waals surface area (Å²) in [7, 11) is 0. The Bertz CT molecular complexity index is 382. The fraction of sp³-hybridized carbons (Fsp3) is 0.700. The van der Waals surface area contributed by atoms with E-state index in [0.29, 0.717) is 24.2 Å². The number of carbonyl (C=O) groups is 1. The highest BCUT2D eigenvalue weighted by Crippen LogP contribution is 2.44. The summed E-state index contributed by atoms with van der Waals surface area (Å²) >= 11 is 0. The minimum Gasteiger partial charge on any atom is -0.350 e. The van der Waals surface area contributed by atoms with Crippen LogP contribution in [0.4, 0.5) is 0 Å². The number of nitrogens with zero attached hydrogens (tertiary/aromatic N) is 3. The smallest absolute Gasteiger partial charge is 0.273 e. The quantitative estimate of drug-likeness (QED) is 0.721. The molecular weight excluding hydrogens is 206 g/mol. The molecule has 16 heavy (non-hydrogen) atoms. The summed E-state index contributed by atoms with van der Waals surface area (Å²) in [5.41, 5.74) is 6.05. The third kappa shape index (κ3) is 2.57. The number of amides is 1. The molecule has 6 heteroatoms. The van der Waals surface area contributed by atoms with Crippen LogP contribution in [-0.2, 0) is 6.54 Å². The van der Waals surface area contributed by atoms with Crippen LogP contribution >= 0.6 is 0 Å². The van der Waals surface area contributed by atoms with Crippen LogP contribution in [-0.4, -0.2) is 34.0 Å². The summed E-state index contributed by atoms with van der Waals surface area (Å²) in [6.45, 7) is 3.95. The lowest BCUT2D eigenvalue weighted by Crippen LogP contribution is -2.29. The van der Waals surface area contributed by atoms with Crippen molar-refractivity contribution in [2.45, 2.75) is 26.3 Å². The molecule has 0 spiro atoms. The fourth-order valence-corrected chi connectivity index (χ4v) is 1.42. The van der Waals surface area contributed by atoms with Gasteiger partial charge in [0, 0.05) is 13.1 Å². The highest BCUT2D eigenvalue weighted by Gasteiger charge is 2.37. The molecule has 1 aromatic heterocycles. The van der Waals surface area contributed by atoms with Crippen molar-refractivity contribution in [1.82, 2.24) is 20.3 Å². The van der Waals surface area contributed by atoms with Crippen molar-refractivity contribution in [2.75, 3.05) is 13.1 Å². The molecule has 1 aliphatic rings. The molecule has 1 heterocycles. The van der Waals surface area contributed by atoms with Gasteiger partial charge in [-0.3, -0.25) is 9.48 Å². The van der Waals surface area contributed by atoms with E-state index in [1.807, 2.05) is 0 Å². The Hall–Kier alpha value is -1.43. The molecule has 0 aliphatic heterocycles. The van der Waals surface area contributed by atoms with Gasteiger partial charge in [0.1, 0.15) is 0 Å². The Kier molecular flexibility index (Phi) is 2.91. The molecule has 6 nitrogen and oxygen atoms in total. The van der Waals surface area contributed by atoms with Crippen molar-refractivity contribution < 1.29 is 4.79 Å². The average Bonchev–Trinajstić information content (AvgIpc) is 2.81. The number of hydrogen-bond donors (Lipinski definition) is 2. The Morgan fingerprint density at radius 1 is 1.69 bits per heavy atom. The first-order valence-corrected chi connectivity index (χ1v) is 5.51. The molecule has 1 saturated carbocycles. The van der Waals surface area contributed by atoms with Crippen molar-refractivity contribution in [1.29, 1.82) is 0 Å². The largest absolute Gasteiger partial charge is 0.350 e. The molecule has 1 aromatic rings. The number of rotatable bonds is 5. The molecular formula is C10H17N5O. The minimum absolute atomic E-state index is 0.156. The van der Waals surface area contributed by atoms with E-state index in [-0.39, 0.29) is 5.91 Å². The van der Waals surface area contributed by atoms with Crippen LogP contribution in [0.25, 0.3) is 0 Å². The van der Waals surface area contributed by atoms with E-state index in [0.717, 1.165) is 6.54 Å². The van der Waals surface area contributed by atoms with Gasteiger partial charge in [0.2, 0.25) is 0 Å². The maximum absolute atomic E-state index is 11.7. The van der Waals surface area contributed by atoms with E-state index in [9.17, 15) is 4.79 Å². The number of nitrogens with one attached hydrogen (secondary N) is 1. The van der Waals surface area contributed by atoms with E-state index in [4.69, 9.17) is 5.73 Å². The number of carbonyl (C=O) groups excluding carboxylic acids is 1. The second kappa shape index (κ2) is 4.21. The molecule has 0 radical (unpaired) electrons. The van der Waals surface area contributed by atoms with Crippen LogP contribution in [0, 0.1) is 5.41 Å². The van der Waals surface area contributed by atoms with E-state index < -0.39 is 0 Å². The summed E-state index contributed by atoms with van der Waals surface area (Å²) in [5.74, 6) is -0.156. The van der Waals surface area contributed by atoms with Gasteiger partial charge in [0.05, 0.1) is 12.7 Å². The standard InChI is InChI=1S/C10H17N5O/c1-10(2-3-10)7-12-9(16)8-6-15(5-4-11)14-13-8/h6H,2-5,7,11H2,1H3,(H,12,16). The lowest BCUT2D eigenvalue weighted by molar-refractivity contribution is 0.0941. The van der Waals surface area contributed by atoms with Crippen molar-refractivity contribution in [3.8, 4) is 0 Å². The van der Waals surface area contributed by atoms with Crippen molar-refractivity contribution in [3.63, 3.8) is 0 Å². The first-order chi connectivity index (χ1) is 7.63. The minimum atomic E-state index is -0.156. The molecule has 0 saturated heterocycles. The first kappa shape index (κ1) is 11.1. The zero-order chi connectivity index (χ0) is 11.6. The van der Waals surface area contributed by atoms with Crippen LogP contribution in [0.3, 0.4) is 0 Å². The predicted molar refractivity (Wildman–Crippen MR) is 58.8 cm³/mol. The van der Waals surface area contributed by atoms with Gasteiger partial charge in [-0.15, -0.1) is 5.10 Å². The predicted octanol–water partition coefficient (Wildman–Crippen LogP) is -0.233. The highest BCUT2D eigenvalue weighted by molar-refractivity contribution is 5.91. The van der Waals surface area contributed by atoms with E-state index >= 15 is 0 Å².